The van der Waals surface area contributed by atoms with E-state index in [9.17, 15) is 9.59 Å². The average Bonchev–Trinajstić information content (AvgIpc) is 2.90. The number of nitrogens with one attached hydrogen (secondary N) is 1. The number of carbonyl (C=O) groups is 2. The quantitative estimate of drug-likeness (QED) is 0.841. The molecule has 0 saturated heterocycles. The van der Waals surface area contributed by atoms with Crippen LogP contribution in [0.4, 0.5) is 0 Å². The number of benzene rings is 1. The molecule has 0 radical (unpaired) electrons. The highest BCUT2D eigenvalue weighted by Crippen LogP contribution is 2.15. The second-order valence-corrected chi connectivity index (χ2v) is 4.26. The number of aromatic amines is 1. The number of carbonyl (C=O) groups excluding carboxylic acids is 2. The molecule has 0 atom stereocenters. The topological polar surface area (TPSA) is 75.3 Å². The fourth-order valence-corrected chi connectivity index (χ4v) is 1.98. The average molecular weight is 275 g/mol. The number of hydrogen-bond donors (Lipinski definition) is 1. The SMILES string of the molecule is CCN(CC)C(=O)COC(=O)c1n[nH]c2ccccc12. The number of para-hydroxylation sites is 1. The fraction of sp³-hybridized carbons (Fsp3) is 0.357. The zero-order chi connectivity index (χ0) is 14.5. The number of rotatable bonds is 5. The van der Waals surface area contributed by atoms with Gasteiger partial charge in [0.1, 0.15) is 0 Å². The van der Waals surface area contributed by atoms with Gasteiger partial charge in [-0.2, -0.15) is 5.10 Å². The number of H-pyrrole nitrogens is 1. The summed E-state index contributed by atoms with van der Waals surface area (Å²) in [5, 5.41) is 7.38. The molecule has 106 valence electrons. The Morgan fingerprint density at radius 3 is 2.65 bits per heavy atom. The molecule has 1 aromatic carbocycles. The van der Waals surface area contributed by atoms with Crippen molar-refractivity contribution in [3.8, 4) is 0 Å². The van der Waals surface area contributed by atoms with Crippen molar-refractivity contribution >= 4 is 22.8 Å². The van der Waals surface area contributed by atoms with Gasteiger partial charge in [-0.25, -0.2) is 4.79 Å². The second-order valence-electron chi connectivity index (χ2n) is 4.26. The Balaban J connectivity index is 2.04. The smallest absolute Gasteiger partial charge is 0.359 e. The minimum absolute atomic E-state index is 0.202. The molecule has 2 rings (SSSR count). The molecule has 0 aliphatic rings. The van der Waals surface area contributed by atoms with Crippen LogP contribution in [0.25, 0.3) is 10.9 Å². The van der Waals surface area contributed by atoms with Gasteiger partial charge >= 0.3 is 5.97 Å². The standard InChI is InChI=1S/C14H17N3O3/c1-3-17(4-2)12(18)9-20-14(19)13-10-7-5-6-8-11(10)15-16-13/h5-8H,3-4,9H2,1-2H3,(H,15,16). The molecule has 0 aliphatic carbocycles. The summed E-state index contributed by atoms with van der Waals surface area (Å²) in [6.45, 7) is 4.69. The molecule has 0 bridgehead atoms. The summed E-state index contributed by atoms with van der Waals surface area (Å²) >= 11 is 0. The summed E-state index contributed by atoms with van der Waals surface area (Å²) < 4.78 is 5.03. The molecule has 0 fully saturated rings. The molecule has 0 saturated carbocycles. The van der Waals surface area contributed by atoms with Crippen LogP contribution in [0.3, 0.4) is 0 Å². The van der Waals surface area contributed by atoms with E-state index in [1.54, 1.807) is 11.0 Å². The third kappa shape index (κ3) is 2.79. The van der Waals surface area contributed by atoms with Crippen molar-refractivity contribution in [2.75, 3.05) is 19.7 Å². The van der Waals surface area contributed by atoms with E-state index >= 15 is 0 Å². The first-order valence-electron chi connectivity index (χ1n) is 6.55. The lowest BCUT2D eigenvalue weighted by molar-refractivity contribution is -0.134. The highest BCUT2D eigenvalue weighted by Gasteiger charge is 2.18. The molecule has 0 spiro atoms. The summed E-state index contributed by atoms with van der Waals surface area (Å²) in [4.78, 5) is 25.3. The number of esters is 1. The Kier molecular flexibility index (Phi) is 4.34. The maximum absolute atomic E-state index is 11.9. The van der Waals surface area contributed by atoms with E-state index in [-0.39, 0.29) is 18.2 Å². The minimum Gasteiger partial charge on any atom is -0.451 e. The first-order valence-corrected chi connectivity index (χ1v) is 6.55. The minimum atomic E-state index is -0.594. The van der Waals surface area contributed by atoms with Crippen LogP contribution < -0.4 is 0 Å². The maximum atomic E-state index is 11.9. The van der Waals surface area contributed by atoms with E-state index in [4.69, 9.17) is 4.74 Å². The number of likely N-dealkylation sites (N-methyl/N-ethyl adjacent to an activating group) is 1. The summed E-state index contributed by atoms with van der Waals surface area (Å²) in [6.07, 6.45) is 0. The van der Waals surface area contributed by atoms with Crippen molar-refractivity contribution in [1.82, 2.24) is 15.1 Å². The highest BCUT2D eigenvalue weighted by molar-refractivity contribution is 6.02. The number of fused-ring (bicyclic) bond motifs is 1. The molecule has 1 heterocycles. The van der Waals surface area contributed by atoms with Gasteiger partial charge in [-0.1, -0.05) is 18.2 Å². The van der Waals surface area contributed by atoms with E-state index in [1.165, 1.54) is 0 Å². The molecule has 0 aliphatic heterocycles. The van der Waals surface area contributed by atoms with Gasteiger partial charge in [0.15, 0.2) is 12.3 Å². The Labute approximate surface area is 116 Å². The van der Waals surface area contributed by atoms with Crippen molar-refractivity contribution in [2.24, 2.45) is 0 Å². The third-order valence-corrected chi connectivity index (χ3v) is 3.11. The lowest BCUT2D eigenvalue weighted by Crippen LogP contribution is -2.34. The third-order valence-electron chi connectivity index (χ3n) is 3.11. The van der Waals surface area contributed by atoms with Crippen LogP contribution in [0.1, 0.15) is 24.3 Å². The number of ether oxygens (including phenoxy) is 1. The van der Waals surface area contributed by atoms with Gasteiger partial charge in [-0.05, 0) is 19.9 Å². The van der Waals surface area contributed by atoms with Gasteiger partial charge in [0.2, 0.25) is 0 Å². The van der Waals surface area contributed by atoms with Gasteiger partial charge in [0, 0.05) is 18.5 Å². The van der Waals surface area contributed by atoms with E-state index in [1.807, 2.05) is 32.0 Å². The van der Waals surface area contributed by atoms with Gasteiger partial charge in [-0.15, -0.1) is 0 Å². The van der Waals surface area contributed by atoms with Gasteiger partial charge in [0.25, 0.3) is 5.91 Å². The summed E-state index contributed by atoms with van der Waals surface area (Å²) in [5.74, 6) is -0.800. The lowest BCUT2D eigenvalue weighted by atomic mass is 10.2. The van der Waals surface area contributed by atoms with E-state index in [0.29, 0.717) is 18.5 Å². The van der Waals surface area contributed by atoms with Crippen LogP contribution >= 0.6 is 0 Å². The summed E-state index contributed by atoms with van der Waals surface area (Å²) in [6, 6.07) is 7.26. The lowest BCUT2D eigenvalue weighted by Gasteiger charge is -2.17. The van der Waals surface area contributed by atoms with Crippen LogP contribution in [0.2, 0.25) is 0 Å². The summed E-state index contributed by atoms with van der Waals surface area (Å²) in [5.41, 5.74) is 0.961. The largest absolute Gasteiger partial charge is 0.451 e. The maximum Gasteiger partial charge on any atom is 0.359 e. The second kappa shape index (κ2) is 6.18. The fourth-order valence-electron chi connectivity index (χ4n) is 1.98. The molecule has 2 aromatic rings. The predicted octanol–water partition coefficient (Wildman–Crippen LogP) is 1.59. The molecule has 1 amide bonds. The molecular weight excluding hydrogens is 258 g/mol. The molecule has 6 heteroatoms. The van der Waals surface area contributed by atoms with Crippen LogP contribution in [0.15, 0.2) is 24.3 Å². The Hall–Kier alpha value is -2.37. The van der Waals surface area contributed by atoms with Crippen LogP contribution in [-0.2, 0) is 9.53 Å². The predicted molar refractivity (Wildman–Crippen MR) is 74.3 cm³/mol. The van der Waals surface area contributed by atoms with Gasteiger partial charge in [0.05, 0.1) is 5.52 Å². The number of nitrogens with zero attached hydrogens (tertiary/aromatic N) is 2. The van der Waals surface area contributed by atoms with Crippen LogP contribution in [0.5, 0.6) is 0 Å². The zero-order valence-electron chi connectivity index (χ0n) is 11.5. The highest BCUT2D eigenvalue weighted by atomic mass is 16.5. The zero-order valence-corrected chi connectivity index (χ0v) is 11.5. The van der Waals surface area contributed by atoms with E-state index in [0.717, 1.165) is 5.52 Å². The van der Waals surface area contributed by atoms with Crippen molar-refractivity contribution < 1.29 is 14.3 Å². The first kappa shape index (κ1) is 14.0. The molecule has 1 aromatic heterocycles. The normalized spacial score (nSPS) is 10.5. The number of hydrogen-bond acceptors (Lipinski definition) is 4. The molecular formula is C14H17N3O3. The Bertz CT molecular complexity index is 617. The Morgan fingerprint density at radius 1 is 1.25 bits per heavy atom. The van der Waals surface area contributed by atoms with E-state index < -0.39 is 5.97 Å². The Morgan fingerprint density at radius 2 is 1.95 bits per heavy atom. The van der Waals surface area contributed by atoms with Gasteiger partial charge in [-0.3, -0.25) is 9.89 Å². The molecule has 6 nitrogen and oxygen atoms in total. The number of aromatic nitrogens is 2. The van der Waals surface area contributed by atoms with Crippen molar-refractivity contribution in [1.29, 1.82) is 0 Å². The molecule has 0 unspecified atom stereocenters. The van der Waals surface area contributed by atoms with Crippen molar-refractivity contribution in [3.63, 3.8) is 0 Å². The van der Waals surface area contributed by atoms with E-state index in [2.05, 4.69) is 10.2 Å². The van der Waals surface area contributed by atoms with Gasteiger partial charge < -0.3 is 9.64 Å². The molecule has 20 heavy (non-hydrogen) atoms. The van der Waals surface area contributed by atoms with Crippen LogP contribution in [0, 0.1) is 0 Å². The van der Waals surface area contributed by atoms with Crippen LogP contribution in [-0.4, -0.2) is 46.7 Å². The summed E-state index contributed by atoms with van der Waals surface area (Å²) in [7, 11) is 0. The monoisotopic (exact) mass is 275 g/mol. The van der Waals surface area contributed by atoms with Crippen molar-refractivity contribution in [3.05, 3.63) is 30.0 Å². The first-order chi connectivity index (χ1) is 9.67. The number of amides is 1. The molecule has 1 N–H and O–H groups in total. The van der Waals surface area contributed by atoms with Crippen molar-refractivity contribution in [2.45, 2.75) is 13.8 Å².